The first kappa shape index (κ1) is 22.7. The van der Waals surface area contributed by atoms with Gasteiger partial charge in [-0.3, -0.25) is 4.79 Å². The van der Waals surface area contributed by atoms with Gasteiger partial charge < -0.3 is 10.1 Å². The summed E-state index contributed by atoms with van der Waals surface area (Å²) in [6.45, 7) is 6.69. The van der Waals surface area contributed by atoms with Crippen molar-refractivity contribution in [1.82, 2.24) is 14.8 Å². The van der Waals surface area contributed by atoms with Crippen molar-refractivity contribution in [3.63, 3.8) is 0 Å². The zero-order valence-corrected chi connectivity index (χ0v) is 20.3. The van der Waals surface area contributed by atoms with E-state index in [0.717, 1.165) is 34.6 Å². The lowest BCUT2D eigenvalue weighted by Crippen LogP contribution is -2.36. The number of hydrogen-bond acceptors (Lipinski definition) is 6. The van der Waals surface area contributed by atoms with Crippen LogP contribution in [0.1, 0.15) is 50.8 Å². The van der Waals surface area contributed by atoms with E-state index in [2.05, 4.69) is 19.2 Å². The molecule has 1 atom stereocenters. The van der Waals surface area contributed by atoms with Gasteiger partial charge in [0, 0.05) is 29.0 Å². The van der Waals surface area contributed by atoms with Crippen LogP contribution in [0.15, 0.2) is 65.0 Å². The fourth-order valence-corrected chi connectivity index (χ4v) is 5.48. The van der Waals surface area contributed by atoms with E-state index in [-0.39, 0.29) is 17.0 Å². The van der Waals surface area contributed by atoms with Gasteiger partial charge in [-0.2, -0.15) is 4.98 Å². The fraction of sp³-hybridized carbons (Fsp3) is 0.346. The minimum absolute atomic E-state index is 0.116. The minimum Gasteiger partial charge on any atom is -0.494 e. The van der Waals surface area contributed by atoms with Crippen LogP contribution in [-0.4, -0.2) is 27.2 Å². The van der Waals surface area contributed by atoms with Gasteiger partial charge in [0.2, 0.25) is 11.1 Å². The Hall–Kier alpha value is -3.13. The van der Waals surface area contributed by atoms with E-state index in [1.807, 2.05) is 37.3 Å². The molecule has 176 valence electrons. The molecule has 0 saturated heterocycles. The third kappa shape index (κ3) is 4.34. The van der Waals surface area contributed by atoms with Crippen LogP contribution in [0, 0.1) is 11.2 Å². The zero-order chi connectivity index (χ0) is 23.9. The third-order valence-electron chi connectivity index (χ3n) is 6.08. The summed E-state index contributed by atoms with van der Waals surface area (Å²) in [4.78, 5) is 18.1. The van der Waals surface area contributed by atoms with Gasteiger partial charge in [0.15, 0.2) is 5.78 Å². The predicted molar refractivity (Wildman–Crippen MR) is 130 cm³/mol. The number of aromatic nitrogens is 3. The summed E-state index contributed by atoms with van der Waals surface area (Å²) >= 11 is 1.44. The second-order valence-electron chi connectivity index (χ2n) is 9.41. The number of nitrogens with one attached hydrogen (secondary N) is 1. The van der Waals surface area contributed by atoms with Gasteiger partial charge in [0.05, 0.1) is 6.61 Å². The molecular weight excluding hydrogens is 451 g/mol. The number of para-hydroxylation sites is 1. The highest BCUT2D eigenvalue weighted by Gasteiger charge is 2.42. The Labute approximate surface area is 202 Å². The molecule has 5 rings (SSSR count). The minimum atomic E-state index is -0.423. The number of Topliss-reactive ketones (excluding diaryl/α,β-unsaturated/α-hetero) is 1. The van der Waals surface area contributed by atoms with Crippen molar-refractivity contribution in [2.24, 2.45) is 5.41 Å². The number of fused-ring (bicyclic) bond motifs is 1. The molecular formula is C26H27FN4O2S. The number of hydrogen-bond donors (Lipinski definition) is 1. The molecule has 1 aromatic heterocycles. The summed E-state index contributed by atoms with van der Waals surface area (Å²) in [5, 5.41) is 8.74. The first-order valence-electron chi connectivity index (χ1n) is 11.4. The molecule has 3 aromatic rings. The molecule has 0 spiro atoms. The molecule has 0 fully saturated rings. The molecule has 1 aliphatic carbocycles. The normalized spacial score (nSPS) is 18.8. The Kier molecular flexibility index (Phi) is 5.93. The smallest absolute Gasteiger partial charge is 0.227 e. The molecule has 8 heteroatoms. The number of rotatable bonds is 6. The summed E-state index contributed by atoms with van der Waals surface area (Å²) in [5.74, 6) is 1.73. The van der Waals surface area contributed by atoms with Gasteiger partial charge >= 0.3 is 0 Å². The van der Waals surface area contributed by atoms with Crippen molar-refractivity contribution >= 4 is 23.5 Å². The Morgan fingerprint density at radius 1 is 1.21 bits per heavy atom. The van der Waals surface area contributed by atoms with Crippen molar-refractivity contribution in [2.45, 2.75) is 50.6 Å². The Morgan fingerprint density at radius 3 is 2.82 bits per heavy atom. The highest BCUT2D eigenvalue weighted by Crippen LogP contribution is 2.47. The summed E-state index contributed by atoms with van der Waals surface area (Å²) in [6, 6.07) is 13.9. The number of ketones is 1. The Bertz CT molecular complexity index is 1280. The van der Waals surface area contributed by atoms with Crippen LogP contribution in [0.5, 0.6) is 5.75 Å². The lowest BCUT2D eigenvalue weighted by Gasteiger charge is -2.38. The van der Waals surface area contributed by atoms with Crippen molar-refractivity contribution in [2.75, 3.05) is 11.9 Å². The van der Waals surface area contributed by atoms with Gasteiger partial charge in [-0.1, -0.05) is 55.9 Å². The second kappa shape index (κ2) is 8.91. The topological polar surface area (TPSA) is 69.0 Å². The number of nitrogens with zero attached hydrogens (tertiary/aromatic N) is 3. The number of carbonyl (C=O) groups excluding carboxylic acids is 1. The molecule has 6 nitrogen and oxygen atoms in total. The van der Waals surface area contributed by atoms with Gasteiger partial charge in [0.25, 0.3) is 0 Å². The molecule has 2 aliphatic rings. The van der Waals surface area contributed by atoms with Crippen LogP contribution in [0.25, 0.3) is 0 Å². The molecule has 2 aromatic carbocycles. The summed E-state index contributed by atoms with van der Waals surface area (Å²) in [6.07, 6.45) is 1.23. The maximum Gasteiger partial charge on any atom is 0.227 e. The van der Waals surface area contributed by atoms with Crippen LogP contribution in [0.2, 0.25) is 0 Å². The molecule has 34 heavy (non-hydrogen) atoms. The van der Waals surface area contributed by atoms with Crippen LogP contribution in [0.3, 0.4) is 0 Å². The maximum absolute atomic E-state index is 13.6. The van der Waals surface area contributed by atoms with Crippen molar-refractivity contribution < 1.29 is 13.9 Å². The van der Waals surface area contributed by atoms with Gasteiger partial charge in [-0.25, -0.2) is 9.07 Å². The molecule has 1 aliphatic heterocycles. The Morgan fingerprint density at radius 2 is 2.03 bits per heavy atom. The van der Waals surface area contributed by atoms with Crippen LogP contribution >= 0.6 is 11.8 Å². The van der Waals surface area contributed by atoms with Crippen LogP contribution < -0.4 is 10.1 Å². The number of anilines is 1. The molecule has 0 radical (unpaired) electrons. The van der Waals surface area contributed by atoms with Gasteiger partial charge in [-0.05, 0) is 42.5 Å². The highest BCUT2D eigenvalue weighted by molar-refractivity contribution is 7.98. The van der Waals surface area contributed by atoms with Crippen molar-refractivity contribution in [3.8, 4) is 5.75 Å². The molecule has 0 bridgehead atoms. The summed E-state index contributed by atoms with van der Waals surface area (Å²) in [7, 11) is 0. The third-order valence-corrected chi connectivity index (χ3v) is 6.99. The Balaban J connectivity index is 1.56. The van der Waals surface area contributed by atoms with Crippen molar-refractivity contribution in [3.05, 3.63) is 76.7 Å². The van der Waals surface area contributed by atoms with E-state index in [9.17, 15) is 9.18 Å². The summed E-state index contributed by atoms with van der Waals surface area (Å²) < 4.78 is 21.3. The van der Waals surface area contributed by atoms with E-state index in [4.69, 9.17) is 14.8 Å². The molecule has 1 N–H and O–H groups in total. The fourth-order valence-electron chi connectivity index (χ4n) is 4.71. The van der Waals surface area contributed by atoms with E-state index in [0.29, 0.717) is 29.9 Å². The maximum atomic E-state index is 13.6. The molecule has 0 unspecified atom stereocenters. The zero-order valence-electron chi connectivity index (χ0n) is 19.5. The first-order chi connectivity index (χ1) is 16.3. The lowest BCUT2D eigenvalue weighted by molar-refractivity contribution is -0.118. The van der Waals surface area contributed by atoms with E-state index >= 15 is 0 Å². The molecule has 0 amide bonds. The first-order valence-corrected chi connectivity index (χ1v) is 12.4. The predicted octanol–water partition coefficient (Wildman–Crippen LogP) is 5.77. The van der Waals surface area contributed by atoms with Crippen LogP contribution in [-0.2, 0) is 10.5 Å². The van der Waals surface area contributed by atoms with Crippen LogP contribution in [0.4, 0.5) is 10.3 Å². The number of allylic oxidation sites excluding steroid dienone is 2. The summed E-state index contributed by atoms with van der Waals surface area (Å²) in [5.41, 5.74) is 3.24. The quantitative estimate of drug-likeness (QED) is 0.454. The van der Waals surface area contributed by atoms with Gasteiger partial charge in [0.1, 0.15) is 17.6 Å². The standard InChI is InChI=1S/C26H27FN4O2S/c1-4-33-21-11-6-5-10-18(21)23-22-19(13-26(2,3)14-20(22)32)28-24-29-25(30-31(23)24)34-15-16-8-7-9-17(27)12-16/h5-12,23H,4,13-15H2,1-3H3,(H,28,29,30)/t23-/m0/s1. The number of thioether (sulfide) groups is 1. The number of halogens is 1. The number of ether oxygens (including phenoxy) is 1. The van der Waals surface area contributed by atoms with Gasteiger partial charge in [-0.15, -0.1) is 5.10 Å². The average Bonchev–Trinajstić information content (AvgIpc) is 3.19. The van der Waals surface area contributed by atoms with E-state index in [1.165, 1.54) is 23.9 Å². The molecule has 0 saturated carbocycles. The number of benzene rings is 2. The monoisotopic (exact) mass is 478 g/mol. The average molecular weight is 479 g/mol. The SMILES string of the molecule is CCOc1ccccc1[C@H]1C2=C(CC(C)(C)CC2=O)Nc2nc(SCc3cccc(F)c3)nn21. The highest BCUT2D eigenvalue weighted by atomic mass is 32.2. The van der Waals surface area contributed by atoms with Crippen molar-refractivity contribution in [1.29, 1.82) is 0 Å². The van der Waals surface area contributed by atoms with E-state index in [1.54, 1.807) is 10.7 Å². The van der Waals surface area contributed by atoms with E-state index < -0.39 is 6.04 Å². The largest absolute Gasteiger partial charge is 0.494 e. The number of carbonyl (C=O) groups is 1. The second-order valence-corrected chi connectivity index (χ2v) is 10.4. The molecule has 2 heterocycles. The lowest BCUT2D eigenvalue weighted by atomic mass is 9.73.